The minimum atomic E-state index is -0.852. The van der Waals surface area contributed by atoms with Gasteiger partial charge in [-0.3, -0.25) is 0 Å². The van der Waals surface area contributed by atoms with Crippen LogP contribution >= 0.6 is 0 Å². The first kappa shape index (κ1) is 18.1. The smallest absolute Gasteiger partial charge is 0.446 e. The first-order chi connectivity index (χ1) is 7.73. The van der Waals surface area contributed by atoms with Crippen LogP contribution in [0.15, 0.2) is 0 Å². The monoisotopic (exact) mass is 253 g/mol. The first-order valence-corrected chi connectivity index (χ1v) is 6.57. The summed E-state index contributed by atoms with van der Waals surface area (Å²) in [7, 11) is 0.458. The zero-order chi connectivity index (χ0) is 14.8. The SMILES string of the molecule is CC(C)(C)[B]OB(OB(O)C(C)(C)C)C(C)(C)C. The van der Waals surface area contributed by atoms with Crippen molar-refractivity contribution >= 4 is 21.7 Å². The maximum Gasteiger partial charge on any atom is 0.446 e. The summed E-state index contributed by atoms with van der Waals surface area (Å²) in [5.41, 5.74) is 0. The molecule has 0 aromatic carbocycles. The van der Waals surface area contributed by atoms with Gasteiger partial charge in [-0.15, -0.1) is 0 Å². The summed E-state index contributed by atoms with van der Waals surface area (Å²) in [5, 5.41) is 9.47. The fraction of sp³-hybridized carbons (Fsp3) is 1.00. The molecular formula is C12H28B3O3. The van der Waals surface area contributed by atoms with Crippen molar-refractivity contribution in [3.63, 3.8) is 0 Å². The third kappa shape index (κ3) is 7.50. The zero-order valence-electron chi connectivity index (χ0n) is 13.5. The van der Waals surface area contributed by atoms with Gasteiger partial charge in [0.2, 0.25) is 0 Å². The Kier molecular flexibility index (Phi) is 6.04. The van der Waals surface area contributed by atoms with Crippen LogP contribution in [0.2, 0.25) is 15.9 Å². The minimum Gasteiger partial charge on any atom is -0.478 e. The summed E-state index contributed by atoms with van der Waals surface area (Å²) < 4.78 is 11.4. The predicted molar refractivity (Wildman–Crippen MR) is 80.8 cm³/mol. The predicted octanol–water partition coefficient (Wildman–Crippen LogP) is 3.43. The molecule has 0 atom stereocenters. The molecule has 0 aromatic rings. The molecule has 0 aliphatic carbocycles. The topological polar surface area (TPSA) is 38.7 Å². The van der Waals surface area contributed by atoms with Gasteiger partial charge < -0.3 is 14.2 Å². The van der Waals surface area contributed by atoms with Gasteiger partial charge in [0.1, 0.15) is 0 Å². The summed E-state index contributed by atoms with van der Waals surface area (Å²) in [6, 6.07) is 0. The molecule has 0 unspecified atom stereocenters. The molecule has 0 heterocycles. The average Bonchev–Trinajstić information content (AvgIpc) is 2.06. The molecule has 0 aliphatic rings. The van der Waals surface area contributed by atoms with Crippen LogP contribution in [0.25, 0.3) is 0 Å². The molecule has 0 rings (SSSR count). The fourth-order valence-electron chi connectivity index (χ4n) is 1.03. The van der Waals surface area contributed by atoms with Gasteiger partial charge in [-0.25, -0.2) is 0 Å². The highest BCUT2D eigenvalue weighted by atomic mass is 16.6. The van der Waals surface area contributed by atoms with Gasteiger partial charge in [0.15, 0.2) is 0 Å². The Hall–Kier alpha value is 0.0748. The Morgan fingerprint density at radius 3 is 1.56 bits per heavy atom. The fourth-order valence-corrected chi connectivity index (χ4v) is 1.03. The Labute approximate surface area is 115 Å². The molecule has 0 saturated heterocycles. The lowest BCUT2D eigenvalue weighted by Crippen LogP contribution is -2.44. The third-order valence-corrected chi connectivity index (χ3v) is 2.25. The van der Waals surface area contributed by atoms with Gasteiger partial charge in [0.05, 0.1) is 0 Å². The molecule has 0 fully saturated rings. The van der Waals surface area contributed by atoms with Gasteiger partial charge in [-0.05, 0) is 15.9 Å². The molecule has 0 aliphatic heterocycles. The lowest BCUT2D eigenvalue weighted by atomic mass is 9.53. The van der Waals surface area contributed by atoms with E-state index >= 15 is 0 Å². The molecule has 0 bridgehead atoms. The Bertz CT molecular complexity index is 251. The molecule has 0 aromatic heterocycles. The number of hydrogen-bond acceptors (Lipinski definition) is 3. The molecule has 0 saturated carbocycles. The minimum absolute atomic E-state index is 0.0421. The molecule has 103 valence electrons. The van der Waals surface area contributed by atoms with Gasteiger partial charge >= 0.3 is 14.2 Å². The van der Waals surface area contributed by atoms with Crippen molar-refractivity contribution in [1.82, 2.24) is 0 Å². The molecule has 0 amide bonds. The van der Waals surface area contributed by atoms with E-state index in [0.29, 0.717) is 0 Å². The quantitative estimate of drug-likeness (QED) is 0.780. The van der Waals surface area contributed by atoms with Crippen molar-refractivity contribution in [2.75, 3.05) is 0 Å². The number of hydrogen-bond donors (Lipinski definition) is 1. The summed E-state index contributed by atoms with van der Waals surface area (Å²) in [5.74, 6) is 0. The van der Waals surface area contributed by atoms with Crippen molar-refractivity contribution in [2.24, 2.45) is 0 Å². The van der Waals surface area contributed by atoms with E-state index in [4.69, 9.17) is 9.14 Å². The molecule has 1 radical (unpaired) electrons. The van der Waals surface area contributed by atoms with Crippen LogP contribution in [0.4, 0.5) is 0 Å². The Morgan fingerprint density at radius 1 is 0.833 bits per heavy atom. The summed E-state index contributed by atoms with van der Waals surface area (Å²) in [6.45, 7) is 18.1. The summed E-state index contributed by atoms with van der Waals surface area (Å²) in [6.07, 6.45) is 0. The van der Waals surface area contributed by atoms with E-state index in [9.17, 15) is 5.02 Å². The maximum absolute atomic E-state index is 10.0. The van der Waals surface area contributed by atoms with Gasteiger partial charge in [-0.2, -0.15) is 0 Å². The molecule has 1 N–H and O–H groups in total. The van der Waals surface area contributed by atoms with Crippen molar-refractivity contribution in [2.45, 2.75) is 78.3 Å². The third-order valence-electron chi connectivity index (χ3n) is 2.25. The summed E-state index contributed by atoms with van der Waals surface area (Å²) >= 11 is 0. The average molecular weight is 253 g/mol. The largest absolute Gasteiger partial charge is 0.478 e. The van der Waals surface area contributed by atoms with Crippen LogP contribution in [0.5, 0.6) is 0 Å². The van der Waals surface area contributed by atoms with E-state index in [0.717, 1.165) is 0 Å². The highest BCUT2D eigenvalue weighted by molar-refractivity contribution is 6.65. The lowest BCUT2D eigenvalue weighted by Gasteiger charge is -2.33. The molecule has 0 spiro atoms. The van der Waals surface area contributed by atoms with Crippen LogP contribution in [-0.2, 0) is 9.14 Å². The van der Waals surface area contributed by atoms with E-state index in [1.54, 1.807) is 7.48 Å². The Morgan fingerprint density at radius 2 is 1.28 bits per heavy atom. The van der Waals surface area contributed by atoms with Crippen LogP contribution in [0.1, 0.15) is 62.3 Å². The highest BCUT2D eigenvalue weighted by Gasteiger charge is 2.41. The molecule has 18 heavy (non-hydrogen) atoms. The van der Waals surface area contributed by atoms with Crippen molar-refractivity contribution in [3.05, 3.63) is 0 Å². The lowest BCUT2D eigenvalue weighted by molar-refractivity contribution is 0.311. The normalized spacial score (nSPS) is 13.4. The molecule has 3 nitrogen and oxygen atoms in total. The van der Waals surface area contributed by atoms with Crippen LogP contribution in [-0.4, -0.2) is 26.7 Å². The number of rotatable bonds is 4. The molecule has 6 heteroatoms. The second-order valence-corrected chi connectivity index (χ2v) is 8.17. The van der Waals surface area contributed by atoms with Gasteiger partial charge in [-0.1, -0.05) is 62.3 Å². The van der Waals surface area contributed by atoms with Gasteiger partial charge in [0, 0.05) is 0 Å². The Balaban J connectivity index is 4.63. The zero-order valence-corrected chi connectivity index (χ0v) is 13.5. The molecular weight excluding hydrogens is 225 g/mol. The van der Waals surface area contributed by atoms with E-state index in [1.807, 2.05) is 41.5 Å². The van der Waals surface area contributed by atoms with E-state index < -0.39 is 14.2 Å². The second-order valence-electron chi connectivity index (χ2n) is 8.17. The first-order valence-electron chi connectivity index (χ1n) is 6.57. The van der Waals surface area contributed by atoms with Crippen molar-refractivity contribution in [1.29, 1.82) is 0 Å². The van der Waals surface area contributed by atoms with E-state index in [2.05, 4.69) is 20.8 Å². The van der Waals surface area contributed by atoms with Crippen molar-refractivity contribution < 1.29 is 14.2 Å². The van der Waals surface area contributed by atoms with Crippen LogP contribution in [0, 0.1) is 0 Å². The second kappa shape index (κ2) is 6.02. The van der Waals surface area contributed by atoms with E-state index in [-0.39, 0.29) is 15.9 Å². The van der Waals surface area contributed by atoms with E-state index in [1.165, 1.54) is 0 Å². The van der Waals surface area contributed by atoms with Crippen LogP contribution < -0.4 is 0 Å². The van der Waals surface area contributed by atoms with Crippen LogP contribution in [0.3, 0.4) is 0 Å². The standard InChI is InChI=1S/C12H28B3O3/c1-10(2,3)13-17-15(12(7,8)9)18-14(16)11(4,5)6/h16H,1-9H3. The highest BCUT2D eigenvalue weighted by Crippen LogP contribution is 2.34. The van der Waals surface area contributed by atoms with Crippen molar-refractivity contribution in [3.8, 4) is 0 Å². The van der Waals surface area contributed by atoms with Gasteiger partial charge in [0.25, 0.3) is 7.48 Å². The summed E-state index contributed by atoms with van der Waals surface area (Å²) in [4.78, 5) is 0. The maximum atomic E-state index is 10.0.